The summed E-state index contributed by atoms with van der Waals surface area (Å²) in [6.07, 6.45) is 0. The van der Waals surface area contributed by atoms with Gasteiger partial charge in [-0.1, -0.05) is 0 Å². The number of carboxylic acid groups (broad SMARTS) is 2. The molecule has 0 atom stereocenters. The van der Waals surface area contributed by atoms with Gasteiger partial charge in [0.05, 0.1) is 0 Å². The minimum atomic E-state index is -5.30. The van der Waals surface area contributed by atoms with Gasteiger partial charge in [0.15, 0.2) is 13.2 Å². The van der Waals surface area contributed by atoms with Crippen molar-refractivity contribution >= 4 is 32.2 Å². The van der Waals surface area contributed by atoms with Crippen molar-refractivity contribution in [3.05, 3.63) is 12.1 Å². The van der Waals surface area contributed by atoms with Gasteiger partial charge in [0.25, 0.3) is 0 Å². The predicted octanol–water partition coefficient (Wildman–Crippen LogP) is -7.57. The van der Waals surface area contributed by atoms with Crippen LogP contribution in [-0.2, 0) is 29.8 Å². The Bertz CT molecular complexity index is 804. The van der Waals surface area contributed by atoms with E-state index in [4.69, 9.17) is 10.2 Å². The molecule has 0 aliphatic carbocycles. The van der Waals surface area contributed by atoms with Gasteiger partial charge in [-0.2, -0.15) is 0 Å². The summed E-state index contributed by atoms with van der Waals surface area (Å²) in [5.41, 5.74) is 0. The van der Waals surface area contributed by atoms with E-state index in [0.29, 0.717) is 0 Å². The van der Waals surface area contributed by atoms with Crippen molar-refractivity contribution in [3.8, 4) is 11.5 Å². The third-order valence-electron chi connectivity index (χ3n) is 2.25. The molecule has 0 bridgehead atoms. The van der Waals surface area contributed by atoms with Crippen molar-refractivity contribution in [2.45, 2.75) is 9.79 Å². The fraction of sp³-hybridized carbons (Fsp3) is 0.200. The van der Waals surface area contributed by atoms with E-state index in [1.165, 1.54) is 0 Å². The third-order valence-corrected chi connectivity index (χ3v) is 3.97. The first-order valence-corrected chi connectivity index (χ1v) is 8.43. The van der Waals surface area contributed by atoms with E-state index in [1.807, 2.05) is 0 Å². The molecular weight excluding hydrogens is 422 g/mol. The molecule has 16 heteroatoms. The predicted molar refractivity (Wildman–Crippen MR) is 68.6 cm³/mol. The molecule has 1 aromatic carbocycles. The first-order chi connectivity index (χ1) is 10.8. The van der Waals surface area contributed by atoms with E-state index in [0.717, 1.165) is 0 Å². The maximum atomic E-state index is 11.2. The van der Waals surface area contributed by atoms with Crippen molar-refractivity contribution in [1.29, 1.82) is 0 Å². The Kier molecular flexibility index (Phi) is 11.5. The van der Waals surface area contributed by atoms with Crippen LogP contribution in [0.5, 0.6) is 11.5 Å². The first-order valence-electron chi connectivity index (χ1n) is 5.61. The number of carbonyl (C=O) groups is 2. The van der Waals surface area contributed by atoms with Crippen molar-refractivity contribution in [2.75, 3.05) is 13.2 Å². The van der Waals surface area contributed by atoms with Crippen molar-refractivity contribution in [1.82, 2.24) is 0 Å². The van der Waals surface area contributed by atoms with Crippen molar-refractivity contribution in [3.63, 3.8) is 0 Å². The zero-order chi connectivity index (χ0) is 18.7. The summed E-state index contributed by atoms with van der Waals surface area (Å²) in [5, 5.41) is 17.0. The number of rotatable bonds is 8. The summed E-state index contributed by atoms with van der Waals surface area (Å²) in [6.45, 7) is -2.29. The third kappa shape index (κ3) is 8.51. The molecule has 0 saturated heterocycles. The second-order valence-electron chi connectivity index (χ2n) is 4.02. The number of aliphatic carboxylic acids is 2. The van der Waals surface area contributed by atoms with E-state index in [1.54, 1.807) is 0 Å². The van der Waals surface area contributed by atoms with Gasteiger partial charge in [0.2, 0.25) is 0 Å². The number of hydrogen-bond donors (Lipinski definition) is 2. The number of benzene rings is 1. The van der Waals surface area contributed by atoms with Crippen LogP contribution in [0.3, 0.4) is 0 Å². The van der Waals surface area contributed by atoms with Gasteiger partial charge in [0.1, 0.15) is 41.5 Å². The van der Waals surface area contributed by atoms with Crippen LogP contribution in [0.4, 0.5) is 0 Å². The molecule has 0 aliphatic rings. The van der Waals surface area contributed by atoms with Crippen LogP contribution in [0.15, 0.2) is 21.9 Å². The molecule has 1 aromatic rings. The van der Waals surface area contributed by atoms with Gasteiger partial charge in [-0.3, -0.25) is 0 Å². The van der Waals surface area contributed by atoms with E-state index in [-0.39, 0.29) is 71.2 Å². The fourth-order valence-corrected chi connectivity index (χ4v) is 2.65. The molecule has 0 unspecified atom stereocenters. The molecule has 0 spiro atoms. The Balaban J connectivity index is 0. The molecule has 2 N–H and O–H groups in total. The summed E-state index contributed by atoms with van der Waals surface area (Å²) in [4.78, 5) is 18.4. The number of carboxylic acids is 2. The van der Waals surface area contributed by atoms with Crippen LogP contribution in [0.1, 0.15) is 0 Å². The summed E-state index contributed by atoms with van der Waals surface area (Å²) in [7, 11) is -10.6. The molecule has 0 aliphatic heterocycles. The molecule has 0 radical (unpaired) electrons. The minimum absolute atomic E-state index is 0. The normalized spacial score (nSPS) is 10.8. The monoisotopic (exact) mass is 430 g/mol. The van der Waals surface area contributed by atoms with E-state index >= 15 is 0 Å². The second-order valence-corrected chi connectivity index (χ2v) is 6.71. The number of ether oxygens (including phenoxy) is 2. The summed E-state index contributed by atoms with van der Waals surface area (Å²) < 4.78 is 76.0. The molecule has 0 fully saturated rings. The Morgan fingerprint density at radius 1 is 0.808 bits per heavy atom. The van der Waals surface area contributed by atoms with Gasteiger partial charge < -0.3 is 28.8 Å². The molecule has 1 rings (SSSR count). The maximum absolute atomic E-state index is 11.2. The van der Waals surface area contributed by atoms with Gasteiger partial charge in [-0.05, 0) is 0 Å². The summed E-state index contributed by atoms with van der Waals surface area (Å²) in [6, 6.07) is 0.542. The standard InChI is InChI=1S/C10H10O12S2.2Na/c11-9(12)3-21-5-1-7(23(15,16)17)6(22-4-10(13)14)2-8(5)24(18,19)20;;/h1-2H,3-4H2,(H,11,12)(H,13,14)(H,15,16,17)(H,18,19,20);;/q;2*+1/p-2. The van der Waals surface area contributed by atoms with Crippen LogP contribution in [-0.4, -0.2) is 61.3 Å². The topological polar surface area (TPSA) is 207 Å². The Morgan fingerprint density at radius 3 is 1.27 bits per heavy atom. The Hall–Kier alpha value is -0.420. The summed E-state index contributed by atoms with van der Waals surface area (Å²) >= 11 is 0. The minimum Gasteiger partial charge on any atom is -0.744 e. The first kappa shape index (κ1) is 27.8. The van der Waals surface area contributed by atoms with Crippen LogP contribution in [0.2, 0.25) is 0 Å². The zero-order valence-electron chi connectivity index (χ0n) is 13.4. The van der Waals surface area contributed by atoms with E-state index in [9.17, 15) is 35.5 Å². The van der Waals surface area contributed by atoms with Crippen LogP contribution in [0.25, 0.3) is 0 Å². The molecule has 0 aromatic heterocycles. The molecular formula is C10H8Na2O12S2. The van der Waals surface area contributed by atoms with E-state index < -0.39 is 66.7 Å². The van der Waals surface area contributed by atoms with Crippen molar-refractivity contribution in [2.24, 2.45) is 0 Å². The SMILES string of the molecule is O=C(O)COc1cc(S(=O)(=O)[O-])c(OCC(=O)O)cc1S(=O)(=O)[O-].[Na+].[Na+]. The largest absolute Gasteiger partial charge is 1.00 e. The van der Waals surface area contributed by atoms with Crippen LogP contribution >= 0.6 is 0 Å². The van der Waals surface area contributed by atoms with Gasteiger partial charge in [0, 0.05) is 12.1 Å². The van der Waals surface area contributed by atoms with Gasteiger partial charge in [-0.25, -0.2) is 26.4 Å². The molecule has 134 valence electrons. The van der Waals surface area contributed by atoms with E-state index in [2.05, 4.69) is 9.47 Å². The fourth-order valence-electron chi connectivity index (χ4n) is 1.42. The Labute approximate surface area is 191 Å². The average molecular weight is 430 g/mol. The zero-order valence-corrected chi connectivity index (χ0v) is 19.0. The number of hydrogen-bond acceptors (Lipinski definition) is 10. The molecule has 26 heavy (non-hydrogen) atoms. The quantitative estimate of drug-likeness (QED) is 0.291. The van der Waals surface area contributed by atoms with Crippen molar-refractivity contribution < 1.29 is 114 Å². The second kappa shape index (κ2) is 10.8. The maximum Gasteiger partial charge on any atom is 1.00 e. The van der Waals surface area contributed by atoms with Crippen LogP contribution < -0.4 is 68.6 Å². The molecule has 0 amide bonds. The average Bonchev–Trinajstić information content (AvgIpc) is 2.40. The van der Waals surface area contributed by atoms with Gasteiger partial charge >= 0.3 is 71.1 Å². The Morgan fingerprint density at radius 2 is 1.08 bits per heavy atom. The van der Waals surface area contributed by atoms with Crippen LogP contribution in [0, 0.1) is 0 Å². The smallest absolute Gasteiger partial charge is 0.744 e. The molecule has 0 saturated carbocycles. The molecule has 12 nitrogen and oxygen atoms in total. The summed E-state index contributed by atoms with van der Waals surface area (Å²) in [5.74, 6) is -5.18. The molecule has 0 heterocycles. The van der Waals surface area contributed by atoms with Gasteiger partial charge in [-0.15, -0.1) is 0 Å².